The van der Waals surface area contributed by atoms with E-state index in [4.69, 9.17) is 0 Å². The third-order valence-electron chi connectivity index (χ3n) is 3.80. The monoisotopic (exact) mass is 310 g/mol. The molecule has 0 unspecified atom stereocenters. The van der Waals surface area contributed by atoms with Crippen LogP contribution in [0.5, 0.6) is 0 Å². The number of unbranched alkanes of at least 4 members (excludes halogenated alkanes) is 8. The summed E-state index contributed by atoms with van der Waals surface area (Å²) in [6.07, 6.45) is 17.3. The molecule has 0 aliphatic rings. The number of ether oxygens (including phenoxy) is 1. The molecule has 0 aliphatic heterocycles. The average molecular weight is 310 g/mol. The highest BCUT2D eigenvalue weighted by atomic mass is 16.5. The molecule has 0 aromatic heterocycles. The van der Waals surface area contributed by atoms with E-state index in [9.17, 15) is 9.59 Å². The number of esters is 1. The van der Waals surface area contributed by atoms with Crippen molar-refractivity contribution in [2.24, 2.45) is 0 Å². The normalized spacial score (nSPS) is 11.0. The minimum Gasteiger partial charge on any atom is -0.469 e. The lowest BCUT2D eigenvalue weighted by Gasteiger charge is -2.00. The molecule has 3 nitrogen and oxygen atoms in total. The van der Waals surface area contributed by atoms with Crippen LogP contribution in [0.4, 0.5) is 0 Å². The summed E-state index contributed by atoms with van der Waals surface area (Å²) in [6, 6.07) is 0. The van der Waals surface area contributed by atoms with Crippen LogP contribution >= 0.6 is 0 Å². The van der Waals surface area contributed by atoms with Crippen LogP contribution < -0.4 is 0 Å². The third kappa shape index (κ3) is 15.3. The Hall–Kier alpha value is -1.12. The zero-order valence-electron chi connectivity index (χ0n) is 14.6. The molecule has 3 heteroatoms. The molecule has 0 atom stereocenters. The average Bonchev–Trinajstić information content (AvgIpc) is 2.52. The SMILES string of the molecule is CCCCCCC/C=C\CC(=O)CCCCCCC(=O)OC. The van der Waals surface area contributed by atoms with Crippen molar-refractivity contribution in [1.29, 1.82) is 0 Å². The Labute approximate surface area is 136 Å². The number of allylic oxidation sites excluding steroid dienone is 2. The number of carbonyl (C=O) groups excluding carboxylic acids is 2. The first-order chi connectivity index (χ1) is 10.7. The maximum Gasteiger partial charge on any atom is 0.305 e. The summed E-state index contributed by atoms with van der Waals surface area (Å²) in [6.45, 7) is 2.23. The van der Waals surface area contributed by atoms with E-state index < -0.39 is 0 Å². The molecule has 0 radical (unpaired) electrons. The molecule has 0 saturated heterocycles. The second-order valence-electron chi connectivity index (χ2n) is 5.91. The van der Waals surface area contributed by atoms with E-state index >= 15 is 0 Å². The second kappa shape index (κ2) is 16.3. The van der Waals surface area contributed by atoms with Crippen LogP contribution in [0.25, 0.3) is 0 Å². The first-order valence-corrected chi connectivity index (χ1v) is 8.94. The lowest BCUT2D eigenvalue weighted by atomic mass is 10.1. The predicted molar refractivity (Wildman–Crippen MR) is 91.9 cm³/mol. The van der Waals surface area contributed by atoms with Crippen molar-refractivity contribution in [3.05, 3.63) is 12.2 Å². The number of rotatable bonds is 15. The summed E-state index contributed by atoms with van der Waals surface area (Å²) >= 11 is 0. The Balaban J connectivity index is 3.33. The Kier molecular flexibility index (Phi) is 15.4. The van der Waals surface area contributed by atoms with Crippen molar-refractivity contribution in [1.82, 2.24) is 0 Å². The Morgan fingerprint density at radius 1 is 0.818 bits per heavy atom. The third-order valence-corrected chi connectivity index (χ3v) is 3.80. The van der Waals surface area contributed by atoms with Crippen molar-refractivity contribution in [3.8, 4) is 0 Å². The minimum atomic E-state index is -0.143. The van der Waals surface area contributed by atoms with Crippen LogP contribution in [0.2, 0.25) is 0 Å². The zero-order chi connectivity index (χ0) is 16.5. The molecule has 0 aromatic carbocycles. The first-order valence-electron chi connectivity index (χ1n) is 8.94. The van der Waals surface area contributed by atoms with E-state index in [0.717, 1.165) is 32.1 Å². The van der Waals surface area contributed by atoms with Crippen LogP contribution in [-0.4, -0.2) is 18.9 Å². The molecule has 0 aromatic rings. The fraction of sp³-hybridized carbons (Fsp3) is 0.789. The molecular weight excluding hydrogens is 276 g/mol. The fourth-order valence-electron chi connectivity index (χ4n) is 2.35. The van der Waals surface area contributed by atoms with Crippen molar-refractivity contribution >= 4 is 11.8 Å². The van der Waals surface area contributed by atoms with Gasteiger partial charge in [-0.2, -0.15) is 0 Å². The molecule has 0 bridgehead atoms. The van der Waals surface area contributed by atoms with Crippen molar-refractivity contribution in [2.45, 2.75) is 90.4 Å². The molecule has 0 heterocycles. The van der Waals surface area contributed by atoms with Crippen LogP contribution in [-0.2, 0) is 14.3 Å². The van der Waals surface area contributed by atoms with Gasteiger partial charge < -0.3 is 4.74 Å². The fourth-order valence-corrected chi connectivity index (χ4v) is 2.35. The van der Waals surface area contributed by atoms with Gasteiger partial charge in [0.2, 0.25) is 0 Å². The summed E-state index contributed by atoms with van der Waals surface area (Å²) in [5, 5.41) is 0. The topological polar surface area (TPSA) is 43.4 Å². The van der Waals surface area contributed by atoms with Gasteiger partial charge in [0.05, 0.1) is 7.11 Å². The van der Waals surface area contributed by atoms with Crippen molar-refractivity contribution in [2.75, 3.05) is 7.11 Å². The molecule has 0 fully saturated rings. The molecular formula is C19H34O3. The van der Waals surface area contributed by atoms with Crippen LogP contribution in [0.3, 0.4) is 0 Å². The predicted octanol–water partition coefficient (Wildman–Crippen LogP) is 5.38. The van der Waals surface area contributed by atoms with E-state index in [1.807, 2.05) is 6.08 Å². The number of carbonyl (C=O) groups is 2. The van der Waals surface area contributed by atoms with E-state index in [2.05, 4.69) is 17.7 Å². The Morgan fingerprint density at radius 2 is 1.45 bits per heavy atom. The number of hydrogen-bond acceptors (Lipinski definition) is 3. The van der Waals surface area contributed by atoms with Gasteiger partial charge in [-0.15, -0.1) is 0 Å². The number of hydrogen-bond donors (Lipinski definition) is 0. The number of Topliss-reactive ketones (excluding diaryl/α,β-unsaturated/α-hetero) is 1. The van der Waals surface area contributed by atoms with Crippen molar-refractivity contribution in [3.63, 3.8) is 0 Å². The van der Waals surface area contributed by atoms with E-state index in [1.165, 1.54) is 39.2 Å². The number of ketones is 1. The maximum atomic E-state index is 11.7. The van der Waals surface area contributed by atoms with Gasteiger partial charge in [-0.3, -0.25) is 9.59 Å². The smallest absolute Gasteiger partial charge is 0.305 e. The summed E-state index contributed by atoms with van der Waals surface area (Å²) in [5.74, 6) is 0.186. The first kappa shape index (κ1) is 20.9. The lowest BCUT2D eigenvalue weighted by molar-refractivity contribution is -0.140. The highest BCUT2D eigenvalue weighted by molar-refractivity contribution is 5.79. The number of methoxy groups -OCH3 is 1. The molecule has 0 spiro atoms. The maximum absolute atomic E-state index is 11.7. The molecule has 0 amide bonds. The molecule has 0 aliphatic carbocycles. The van der Waals surface area contributed by atoms with Crippen LogP contribution in [0.1, 0.15) is 90.4 Å². The van der Waals surface area contributed by atoms with Crippen LogP contribution in [0, 0.1) is 0 Å². The molecule has 0 N–H and O–H groups in total. The summed E-state index contributed by atoms with van der Waals surface area (Å²) in [5.41, 5.74) is 0. The van der Waals surface area contributed by atoms with Gasteiger partial charge >= 0.3 is 5.97 Å². The summed E-state index contributed by atoms with van der Waals surface area (Å²) in [7, 11) is 1.42. The molecule has 128 valence electrons. The Morgan fingerprint density at radius 3 is 2.14 bits per heavy atom. The van der Waals surface area contributed by atoms with E-state index in [0.29, 0.717) is 25.0 Å². The zero-order valence-corrected chi connectivity index (χ0v) is 14.6. The van der Waals surface area contributed by atoms with Gasteiger partial charge in [0, 0.05) is 19.3 Å². The highest BCUT2D eigenvalue weighted by Gasteiger charge is 2.01. The molecule has 0 rings (SSSR count). The Bertz CT molecular complexity index is 308. The van der Waals surface area contributed by atoms with Gasteiger partial charge in [-0.05, 0) is 25.7 Å². The second-order valence-corrected chi connectivity index (χ2v) is 5.91. The van der Waals surface area contributed by atoms with E-state index in [1.54, 1.807) is 0 Å². The van der Waals surface area contributed by atoms with Gasteiger partial charge in [0.25, 0.3) is 0 Å². The van der Waals surface area contributed by atoms with Gasteiger partial charge in [-0.1, -0.05) is 57.6 Å². The summed E-state index contributed by atoms with van der Waals surface area (Å²) < 4.78 is 4.59. The van der Waals surface area contributed by atoms with Gasteiger partial charge in [0.1, 0.15) is 5.78 Å². The largest absolute Gasteiger partial charge is 0.469 e. The van der Waals surface area contributed by atoms with Gasteiger partial charge in [0.15, 0.2) is 0 Å². The molecule has 22 heavy (non-hydrogen) atoms. The van der Waals surface area contributed by atoms with Crippen molar-refractivity contribution < 1.29 is 14.3 Å². The van der Waals surface area contributed by atoms with Crippen LogP contribution in [0.15, 0.2) is 12.2 Å². The van der Waals surface area contributed by atoms with Gasteiger partial charge in [-0.25, -0.2) is 0 Å². The lowest BCUT2D eigenvalue weighted by Crippen LogP contribution is -1.99. The molecule has 0 saturated carbocycles. The summed E-state index contributed by atoms with van der Waals surface area (Å²) in [4.78, 5) is 22.6. The van der Waals surface area contributed by atoms with E-state index in [-0.39, 0.29) is 5.97 Å². The standard InChI is InChI=1S/C19H34O3/c1-3-4-5-6-7-8-9-12-15-18(20)16-13-10-11-14-17-19(21)22-2/h9,12H,3-8,10-11,13-17H2,1-2H3/b12-9-. The highest BCUT2D eigenvalue weighted by Crippen LogP contribution is 2.08. The minimum absolute atomic E-state index is 0.143. The quantitative estimate of drug-likeness (QED) is 0.232.